The number of nitrogens with zero attached hydrogens (tertiary/aromatic N) is 5. The van der Waals surface area contributed by atoms with E-state index in [0.717, 1.165) is 4.68 Å². The third kappa shape index (κ3) is 6.38. The van der Waals surface area contributed by atoms with Crippen LogP contribution in [0.3, 0.4) is 0 Å². The average molecular weight is 536 g/mol. The van der Waals surface area contributed by atoms with E-state index >= 15 is 4.39 Å². The van der Waals surface area contributed by atoms with Gasteiger partial charge < -0.3 is 25.4 Å². The van der Waals surface area contributed by atoms with E-state index in [0.29, 0.717) is 23.5 Å². The molecule has 4 rings (SSSR count). The summed E-state index contributed by atoms with van der Waals surface area (Å²) >= 11 is 0. The summed E-state index contributed by atoms with van der Waals surface area (Å²) in [7, 11) is 5.26. The van der Waals surface area contributed by atoms with Gasteiger partial charge in [-0.15, -0.1) is 9.78 Å². The quantitative estimate of drug-likeness (QED) is 0.167. The minimum absolute atomic E-state index is 0.00870. The van der Waals surface area contributed by atoms with Gasteiger partial charge in [-0.05, 0) is 57.4 Å². The highest BCUT2D eigenvalue weighted by atomic mass is 19.1. The Bertz CT molecular complexity index is 1490. The van der Waals surface area contributed by atoms with Crippen LogP contribution in [0.2, 0.25) is 0 Å². The molecule has 0 fully saturated rings. The minimum Gasteiger partial charge on any atom is -0.497 e. The molecule has 4 aromatic rings. The molecule has 0 bridgehead atoms. The normalized spacial score (nSPS) is 12.7. The van der Waals surface area contributed by atoms with Gasteiger partial charge in [0.1, 0.15) is 23.7 Å². The van der Waals surface area contributed by atoms with Gasteiger partial charge in [0, 0.05) is 41.8 Å². The van der Waals surface area contributed by atoms with Gasteiger partial charge in [0.05, 0.1) is 7.11 Å². The molecule has 0 aliphatic heterocycles. The summed E-state index contributed by atoms with van der Waals surface area (Å²) in [4.78, 5) is 25.6. The van der Waals surface area contributed by atoms with Crippen LogP contribution in [0.1, 0.15) is 29.9 Å². The van der Waals surface area contributed by atoms with Crippen LogP contribution in [-0.4, -0.2) is 69.3 Å². The van der Waals surface area contributed by atoms with E-state index in [1.807, 2.05) is 25.9 Å². The van der Waals surface area contributed by atoms with Gasteiger partial charge in [-0.2, -0.15) is 0 Å². The SMILES string of the molecule is COc1cc(OC(C)CN(C)C)c(F)c(C(Nc2ccc(C(=N)N)cc2)c2nn(-c3ncccn3)c(=O)[nH]2)c1. The number of methoxy groups -OCH3 is 1. The van der Waals surface area contributed by atoms with E-state index in [-0.39, 0.29) is 35.0 Å². The van der Waals surface area contributed by atoms with E-state index in [1.165, 1.54) is 31.6 Å². The summed E-state index contributed by atoms with van der Waals surface area (Å²) in [5, 5.41) is 15.2. The molecule has 0 aliphatic carbocycles. The molecule has 13 heteroatoms. The van der Waals surface area contributed by atoms with Gasteiger partial charge in [0.25, 0.3) is 5.95 Å². The van der Waals surface area contributed by atoms with Crippen LogP contribution in [0, 0.1) is 11.2 Å². The first kappa shape index (κ1) is 27.3. The van der Waals surface area contributed by atoms with E-state index in [1.54, 1.807) is 30.3 Å². The second-order valence-electron chi connectivity index (χ2n) is 9.06. The zero-order valence-corrected chi connectivity index (χ0v) is 22.0. The lowest BCUT2D eigenvalue weighted by Crippen LogP contribution is -2.28. The molecule has 0 saturated carbocycles. The lowest BCUT2D eigenvalue weighted by molar-refractivity contribution is 0.169. The van der Waals surface area contributed by atoms with Crippen molar-refractivity contribution in [2.75, 3.05) is 33.1 Å². The first-order valence-electron chi connectivity index (χ1n) is 12.0. The zero-order valence-electron chi connectivity index (χ0n) is 22.0. The molecule has 0 aliphatic rings. The van der Waals surface area contributed by atoms with Crippen molar-refractivity contribution in [3.63, 3.8) is 0 Å². The molecule has 0 spiro atoms. The number of H-pyrrole nitrogens is 1. The summed E-state index contributed by atoms with van der Waals surface area (Å²) < 4.78 is 28.5. The minimum atomic E-state index is -0.993. The molecule has 12 nitrogen and oxygen atoms in total. The third-order valence-corrected chi connectivity index (χ3v) is 5.70. The lowest BCUT2D eigenvalue weighted by atomic mass is 10.0. The number of nitrogens with one attached hydrogen (secondary N) is 3. The number of amidine groups is 1. The molecule has 2 atom stereocenters. The fourth-order valence-electron chi connectivity index (χ4n) is 3.99. The standard InChI is InChI=1S/C26H30FN9O3/c1-15(14-35(2)3)39-20-13-18(38-4)12-19(21(20)27)22(32-17-8-6-16(7-9-17)23(28)29)24-33-26(37)36(34-24)25-30-10-5-11-31-25/h5-13,15,22,32H,14H2,1-4H3,(H3,28,29)(H,33,34,37). The van der Waals surface area contributed by atoms with Gasteiger partial charge in [0.15, 0.2) is 17.4 Å². The number of benzene rings is 2. The van der Waals surface area contributed by atoms with Crippen molar-refractivity contribution in [1.29, 1.82) is 5.41 Å². The molecule has 0 amide bonds. The number of hydrogen-bond acceptors (Lipinski definition) is 9. The van der Waals surface area contributed by atoms with Gasteiger partial charge in [-0.3, -0.25) is 10.4 Å². The topological polar surface area (TPSA) is 160 Å². The number of aromatic nitrogens is 5. The summed E-state index contributed by atoms with van der Waals surface area (Å²) in [5.74, 6) is -0.233. The van der Waals surface area contributed by atoms with Crippen LogP contribution < -0.4 is 26.2 Å². The van der Waals surface area contributed by atoms with Gasteiger partial charge in [0.2, 0.25) is 0 Å². The molecule has 39 heavy (non-hydrogen) atoms. The molecular weight excluding hydrogens is 505 g/mol. The first-order valence-corrected chi connectivity index (χ1v) is 12.0. The fraction of sp³-hybridized carbons (Fsp3) is 0.269. The Hall–Kier alpha value is -4.78. The maximum absolute atomic E-state index is 16.1. The van der Waals surface area contributed by atoms with E-state index in [2.05, 4.69) is 25.4 Å². The van der Waals surface area contributed by atoms with Crippen molar-refractivity contribution >= 4 is 11.5 Å². The summed E-state index contributed by atoms with van der Waals surface area (Å²) in [6.07, 6.45) is 2.64. The Morgan fingerprint density at radius 3 is 2.54 bits per heavy atom. The first-order chi connectivity index (χ1) is 18.7. The van der Waals surface area contributed by atoms with Crippen molar-refractivity contribution in [3.8, 4) is 17.4 Å². The summed E-state index contributed by atoms with van der Waals surface area (Å²) in [6, 6.07) is 10.3. The van der Waals surface area contributed by atoms with E-state index in [4.69, 9.17) is 20.6 Å². The number of rotatable bonds is 11. The van der Waals surface area contributed by atoms with Gasteiger partial charge in [-0.25, -0.2) is 19.2 Å². The lowest BCUT2D eigenvalue weighted by Gasteiger charge is -2.23. The highest BCUT2D eigenvalue weighted by molar-refractivity contribution is 5.95. The Balaban J connectivity index is 1.82. The maximum atomic E-state index is 16.1. The molecule has 2 aromatic carbocycles. The number of nitrogens with two attached hydrogens (primary N) is 1. The number of anilines is 1. The number of aromatic amines is 1. The number of likely N-dealkylation sites (N-methyl/N-ethyl adjacent to an activating group) is 1. The van der Waals surface area contributed by atoms with Crippen LogP contribution in [-0.2, 0) is 0 Å². The number of hydrogen-bond donors (Lipinski definition) is 4. The highest BCUT2D eigenvalue weighted by Gasteiger charge is 2.27. The number of ether oxygens (including phenoxy) is 2. The second-order valence-corrected chi connectivity index (χ2v) is 9.06. The second kappa shape index (κ2) is 11.7. The third-order valence-electron chi connectivity index (χ3n) is 5.70. The highest BCUT2D eigenvalue weighted by Crippen LogP contribution is 2.35. The Kier molecular flexibility index (Phi) is 8.20. The maximum Gasteiger partial charge on any atom is 0.350 e. The van der Waals surface area contributed by atoms with Crippen molar-refractivity contribution in [2.24, 2.45) is 5.73 Å². The number of halogens is 1. The molecule has 2 heterocycles. The smallest absolute Gasteiger partial charge is 0.350 e. The fourth-order valence-corrected chi connectivity index (χ4v) is 3.99. The predicted octanol–water partition coefficient (Wildman–Crippen LogP) is 2.31. The van der Waals surface area contributed by atoms with E-state index < -0.39 is 17.5 Å². The van der Waals surface area contributed by atoms with Crippen LogP contribution in [0.4, 0.5) is 10.1 Å². The van der Waals surface area contributed by atoms with Crippen LogP contribution in [0.15, 0.2) is 59.7 Å². The molecule has 2 unspecified atom stereocenters. The average Bonchev–Trinajstić information content (AvgIpc) is 3.30. The summed E-state index contributed by atoms with van der Waals surface area (Å²) in [5.41, 5.74) is 6.17. The monoisotopic (exact) mass is 535 g/mol. The predicted molar refractivity (Wildman–Crippen MR) is 144 cm³/mol. The van der Waals surface area contributed by atoms with Crippen LogP contribution in [0.5, 0.6) is 11.5 Å². The Morgan fingerprint density at radius 1 is 1.23 bits per heavy atom. The molecular formula is C26H30FN9O3. The molecule has 5 N–H and O–H groups in total. The van der Waals surface area contributed by atoms with Crippen LogP contribution in [0.25, 0.3) is 5.95 Å². The van der Waals surface area contributed by atoms with Crippen molar-refractivity contribution < 1.29 is 13.9 Å². The molecule has 0 saturated heterocycles. The largest absolute Gasteiger partial charge is 0.497 e. The Labute approximate surface area is 224 Å². The van der Waals surface area contributed by atoms with Crippen LogP contribution >= 0.6 is 0 Å². The molecule has 2 aromatic heterocycles. The van der Waals surface area contributed by atoms with Crippen molar-refractivity contribution in [2.45, 2.75) is 19.1 Å². The summed E-state index contributed by atoms with van der Waals surface area (Å²) in [6.45, 7) is 2.40. The van der Waals surface area contributed by atoms with Crippen molar-refractivity contribution in [1.82, 2.24) is 29.6 Å². The molecule has 0 radical (unpaired) electrons. The van der Waals surface area contributed by atoms with Crippen molar-refractivity contribution in [3.05, 3.63) is 88.1 Å². The molecule has 204 valence electrons. The zero-order chi connectivity index (χ0) is 28.1. The number of nitrogen functional groups attached to an aromatic ring is 1. The van der Waals surface area contributed by atoms with Gasteiger partial charge in [-0.1, -0.05) is 0 Å². The van der Waals surface area contributed by atoms with E-state index in [9.17, 15) is 4.79 Å². The Morgan fingerprint density at radius 2 is 1.92 bits per heavy atom. The van der Waals surface area contributed by atoms with Gasteiger partial charge >= 0.3 is 5.69 Å².